The van der Waals surface area contributed by atoms with Crippen molar-refractivity contribution in [3.8, 4) is 6.07 Å². The summed E-state index contributed by atoms with van der Waals surface area (Å²) in [7, 11) is 0. The second-order valence-electron chi connectivity index (χ2n) is 5.79. The Morgan fingerprint density at radius 1 is 1.16 bits per heavy atom. The highest BCUT2D eigenvalue weighted by Crippen LogP contribution is 2.38. The summed E-state index contributed by atoms with van der Waals surface area (Å²) >= 11 is 3.49. The van der Waals surface area contributed by atoms with Gasteiger partial charge in [-0.3, -0.25) is 0 Å². The molecule has 1 aliphatic carbocycles. The summed E-state index contributed by atoms with van der Waals surface area (Å²) in [5, 5.41) is 9.36. The van der Waals surface area contributed by atoms with Crippen LogP contribution in [0.4, 0.5) is 5.69 Å². The molecule has 1 aromatic carbocycles. The van der Waals surface area contributed by atoms with Crippen molar-refractivity contribution in [2.45, 2.75) is 32.1 Å². The Morgan fingerprint density at radius 2 is 1.95 bits per heavy atom. The van der Waals surface area contributed by atoms with Crippen molar-refractivity contribution in [3.63, 3.8) is 0 Å². The molecule has 2 aliphatic rings. The molecule has 3 heteroatoms. The van der Waals surface area contributed by atoms with Crippen LogP contribution in [0.2, 0.25) is 0 Å². The fourth-order valence-electron chi connectivity index (χ4n) is 3.71. The van der Waals surface area contributed by atoms with Gasteiger partial charge in [0.05, 0.1) is 11.3 Å². The molecule has 1 saturated carbocycles. The highest BCUT2D eigenvalue weighted by atomic mass is 79.9. The second kappa shape index (κ2) is 5.54. The third kappa shape index (κ3) is 2.51. The Kier molecular flexibility index (Phi) is 3.79. The van der Waals surface area contributed by atoms with Crippen molar-refractivity contribution in [2.75, 3.05) is 18.0 Å². The number of halogens is 1. The molecule has 0 amide bonds. The molecule has 1 saturated heterocycles. The molecule has 0 bridgehead atoms. The van der Waals surface area contributed by atoms with Crippen molar-refractivity contribution < 1.29 is 0 Å². The van der Waals surface area contributed by atoms with Crippen LogP contribution in [0.3, 0.4) is 0 Å². The van der Waals surface area contributed by atoms with Gasteiger partial charge in [0.2, 0.25) is 0 Å². The third-order valence-corrected chi connectivity index (χ3v) is 5.40. The van der Waals surface area contributed by atoms with E-state index in [1.807, 2.05) is 12.1 Å². The molecule has 0 spiro atoms. The van der Waals surface area contributed by atoms with E-state index >= 15 is 0 Å². The van der Waals surface area contributed by atoms with Gasteiger partial charge in [0, 0.05) is 17.6 Å². The molecule has 2 nitrogen and oxygen atoms in total. The second-order valence-corrected chi connectivity index (χ2v) is 6.64. The van der Waals surface area contributed by atoms with E-state index in [1.165, 1.54) is 32.1 Å². The molecule has 1 aliphatic heterocycles. The van der Waals surface area contributed by atoms with Crippen LogP contribution in [0.5, 0.6) is 0 Å². The van der Waals surface area contributed by atoms with Gasteiger partial charge in [-0.2, -0.15) is 5.26 Å². The SMILES string of the molecule is N#Cc1c(Br)cccc1N1CCC2CCCCC2C1. The van der Waals surface area contributed by atoms with Crippen molar-refractivity contribution in [3.05, 3.63) is 28.2 Å². The van der Waals surface area contributed by atoms with Gasteiger partial charge in [0.15, 0.2) is 0 Å². The number of hydrogen-bond donors (Lipinski definition) is 0. The maximum absolute atomic E-state index is 9.36. The first-order valence-corrected chi connectivity index (χ1v) is 8.02. The van der Waals surface area contributed by atoms with Crippen molar-refractivity contribution in [1.82, 2.24) is 0 Å². The van der Waals surface area contributed by atoms with Crippen LogP contribution < -0.4 is 4.90 Å². The van der Waals surface area contributed by atoms with Crippen LogP contribution >= 0.6 is 15.9 Å². The van der Waals surface area contributed by atoms with Gasteiger partial charge in [0.25, 0.3) is 0 Å². The maximum atomic E-state index is 9.36. The van der Waals surface area contributed by atoms with Gasteiger partial charge in [-0.05, 0) is 52.7 Å². The molecule has 100 valence electrons. The first kappa shape index (κ1) is 13.0. The zero-order valence-corrected chi connectivity index (χ0v) is 12.7. The van der Waals surface area contributed by atoms with Crippen LogP contribution in [0.1, 0.15) is 37.7 Å². The van der Waals surface area contributed by atoms with E-state index in [1.54, 1.807) is 0 Å². The lowest BCUT2D eigenvalue weighted by atomic mass is 9.75. The number of piperidine rings is 1. The number of benzene rings is 1. The smallest absolute Gasteiger partial charge is 0.103 e. The zero-order chi connectivity index (χ0) is 13.2. The number of nitrogens with zero attached hydrogens (tertiary/aromatic N) is 2. The van der Waals surface area contributed by atoms with Gasteiger partial charge in [-0.25, -0.2) is 0 Å². The molecule has 19 heavy (non-hydrogen) atoms. The number of hydrogen-bond acceptors (Lipinski definition) is 2. The molecular weight excluding hydrogens is 300 g/mol. The number of fused-ring (bicyclic) bond motifs is 1. The quantitative estimate of drug-likeness (QED) is 0.770. The summed E-state index contributed by atoms with van der Waals surface area (Å²) in [6.45, 7) is 2.24. The molecule has 1 heterocycles. The predicted molar refractivity (Wildman–Crippen MR) is 81.1 cm³/mol. The average molecular weight is 319 g/mol. The van der Waals surface area contributed by atoms with E-state index in [-0.39, 0.29) is 0 Å². The monoisotopic (exact) mass is 318 g/mol. The molecule has 0 radical (unpaired) electrons. The van der Waals surface area contributed by atoms with E-state index in [9.17, 15) is 5.26 Å². The van der Waals surface area contributed by atoms with Crippen LogP contribution in [-0.4, -0.2) is 13.1 Å². The minimum atomic E-state index is 0.789. The number of anilines is 1. The summed E-state index contributed by atoms with van der Waals surface area (Å²) in [4.78, 5) is 2.43. The Bertz CT molecular complexity index is 506. The minimum absolute atomic E-state index is 0.789. The van der Waals surface area contributed by atoms with Crippen LogP contribution in [0.15, 0.2) is 22.7 Å². The standard InChI is InChI=1S/C16H19BrN2/c17-15-6-3-7-16(14(15)10-18)19-9-8-12-4-1-2-5-13(12)11-19/h3,6-7,12-13H,1-2,4-5,8-9,11H2. The summed E-state index contributed by atoms with van der Waals surface area (Å²) in [5.41, 5.74) is 1.90. The largest absolute Gasteiger partial charge is 0.370 e. The number of nitriles is 1. The highest BCUT2D eigenvalue weighted by Gasteiger charge is 2.31. The molecule has 0 aromatic heterocycles. The minimum Gasteiger partial charge on any atom is -0.370 e. The fourth-order valence-corrected chi connectivity index (χ4v) is 4.15. The van der Waals surface area contributed by atoms with Crippen molar-refractivity contribution in [1.29, 1.82) is 5.26 Å². The fraction of sp³-hybridized carbons (Fsp3) is 0.562. The first-order valence-electron chi connectivity index (χ1n) is 7.23. The summed E-state index contributed by atoms with van der Waals surface area (Å²) in [6.07, 6.45) is 6.89. The van der Waals surface area contributed by atoms with E-state index in [0.717, 1.165) is 40.6 Å². The van der Waals surface area contributed by atoms with Gasteiger partial charge < -0.3 is 4.90 Å². The molecule has 0 N–H and O–H groups in total. The van der Waals surface area contributed by atoms with Crippen molar-refractivity contribution >= 4 is 21.6 Å². The van der Waals surface area contributed by atoms with Gasteiger partial charge in [0.1, 0.15) is 6.07 Å². The van der Waals surface area contributed by atoms with Crippen LogP contribution in [0, 0.1) is 23.2 Å². The lowest BCUT2D eigenvalue weighted by Crippen LogP contribution is -2.42. The lowest BCUT2D eigenvalue weighted by Gasteiger charge is -2.42. The normalized spacial score (nSPS) is 26.6. The summed E-state index contributed by atoms with van der Waals surface area (Å²) in [5.74, 6) is 1.77. The maximum Gasteiger partial charge on any atom is 0.103 e. The Balaban J connectivity index is 1.84. The Morgan fingerprint density at radius 3 is 2.74 bits per heavy atom. The van der Waals surface area contributed by atoms with Crippen LogP contribution in [0.25, 0.3) is 0 Å². The molecule has 1 aromatic rings. The highest BCUT2D eigenvalue weighted by molar-refractivity contribution is 9.10. The zero-order valence-electron chi connectivity index (χ0n) is 11.1. The summed E-state index contributed by atoms with van der Waals surface area (Å²) < 4.78 is 0.915. The predicted octanol–water partition coefficient (Wildman–Crippen LogP) is 4.34. The van der Waals surface area contributed by atoms with Crippen LogP contribution in [-0.2, 0) is 0 Å². The van der Waals surface area contributed by atoms with Gasteiger partial charge in [-0.15, -0.1) is 0 Å². The van der Waals surface area contributed by atoms with Gasteiger partial charge >= 0.3 is 0 Å². The molecular formula is C16H19BrN2. The molecule has 2 atom stereocenters. The van der Waals surface area contributed by atoms with Gasteiger partial charge in [-0.1, -0.05) is 25.3 Å². The number of rotatable bonds is 1. The Hall–Kier alpha value is -1.01. The topological polar surface area (TPSA) is 27.0 Å². The Labute approximate surface area is 123 Å². The molecule has 2 unspecified atom stereocenters. The van der Waals surface area contributed by atoms with E-state index in [0.29, 0.717) is 0 Å². The van der Waals surface area contributed by atoms with Crippen molar-refractivity contribution in [2.24, 2.45) is 11.8 Å². The van der Waals surface area contributed by atoms with E-state index in [2.05, 4.69) is 33.0 Å². The van der Waals surface area contributed by atoms with E-state index in [4.69, 9.17) is 0 Å². The third-order valence-electron chi connectivity index (χ3n) is 4.74. The molecule has 3 rings (SSSR count). The molecule has 2 fully saturated rings. The average Bonchev–Trinajstić information content (AvgIpc) is 2.46. The van der Waals surface area contributed by atoms with E-state index < -0.39 is 0 Å². The lowest BCUT2D eigenvalue weighted by molar-refractivity contribution is 0.202. The summed E-state index contributed by atoms with van der Waals surface area (Å²) in [6, 6.07) is 8.42. The first-order chi connectivity index (χ1) is 9.29.